The molecule has 0 heterocycles. The SMILES string of the molecule is O=CNC(C=O)CCl. The fraction of sp³-hybridized carbons (Fsp3) is 0.500. The van der Waals surface area contributed by atoms with Gasteiger partial charge in [-0.05, 0) is 0 Å². The van der Waals surface area contributed by atoms with Crippen molar-refractivity contribution in [3.63, 3.8) is 0 Å². The Bertz CT molecular complexity index is 86.1. The van der Waals surface area contributed by atoms with E-state index in [0.29, 0.717) is 12.7 Å². The first kappa shape index (κ1) is 7.43. The van der Waals surface area contributed by atoms with Crippen molar-refractivity contribution in [2.24, 2.45) is 0 Å². The Morgan fingerprint density at radius 1 is 1.62 bits per heavy atom. The van der Waals surface area contributed by atoms with Crippen LogP contribution in [0.5, 0.6) is 0 Å². The van der Waals surface area contributed by atoms with Crippen LogP contribution in [0.2, 0.25) is 0 Å². The first-order chi connectivity index (χ1) is 3.85. The molecule has 1 N–H and O–H groups in total. The molecule has 0 saturated heterocycles. The van der Waals surface area contributed by atoms with Crippen LogP contribution in [0.3, 0.4) is 0 Å². The first-order valence-electron chi connectivity index (χ1n) is 2.06. The average Bonchev–Trinajstić information content (AvgIpc) is 1.83. The van der Waals surface area contributed by atoms with Gasteiger partial charge >= 0.3 is 0 Å². The van der Waals surface area contributed by atoms with Crippen molar-refractivity contribution in [3.8, 4) is 0 Å². The predicted molar refractivity (Wildman–Crippen MR) is 29.8 cm³/mol. The van der Waals surface area contributed by atoms with Crippen molar-refractivity contribution in [3.05, 3.63) is 0 Å². The number of carbonyl (C=O) groups excluding carboxylic acids is 2. The van der Waals surface area contributed by atoms with Gasteiger partial charge in [-0.1, -0.05) is 0 Å². The van der Waals surface area contributed by atoms with Gasteiger partial charge in [-0.15, -0.1) is 11.6 Å². The zero-order valence-corrected chi connectivity index (χ0v) is 4.89. The predicted octanol–water partition coefficient (Wildman–Crippen LogP) is -0.461. The Morgan fingerprint density at radius 2 is 2.25 bits per heavy atom. The third kappa shape index (κ3) is 2.58. The summed E-state index contributed by atoms with van der Waals surface area (Å²) in [7, 11) is 0. The molecule has 0 saturated carbocycles. The van der Waals surface area contributed by atoms with Crippen molar-refractivity contribution in [1.82, 2.24) is 5.32 Å². The Labute approximate surface area is 52.0 Å². The number of carbonyl (C=O) groups is 2. The van der Waals surface area contributed by atoms with Crippen molar-refractivity contribution in [2.75, 3.05) is 5.88 Å². The van der Waals surface area contributed by atoms with Crippen LogP contribution in [0.15, 0.2) is 0 Å². The van der Waals surface area contributed by atoms with Gasteiger partial charge in [-0.2, -0.15) is 0 Å². The summed E-state index contributed by atoms with van der Waals surface area (Å²) in [5.74, 6) is 0.127. The highest BCUT2D eigenvalue weighted by molar-refractivity contribution is 6.19. The largest absolute Gasteiger partial charge is 0.348 e. The van der Waals surface area contributed by atoms with E-state index in [4.69, 9.17) is 11.6 Å². The molecule has 0 spiro atoms. The van der Waals surface area contributed by atoms with Crippen molar-refractivity contribution >= 4 is 24.3 Å². The monoisotopic (exact) mass is 135 g/mol. The van der Waals surface area contributed by atoms with Crippen LogP contribution in [0.1, 0.15) is 0 Å². The second-order valence-corrected chi connectivity index (χ2v) is 1.49. The average molecular weight is 136 g/mol. The number of amides is 1. The molecule has 8 heavy (non-hydrogen) atoms. The summed E-state index contributed by atoms with van der Waals surface area (Å²) in [5.41, 5.74) is 0. The molecule has 1 atom stereocenters. The topological polar surface area (TPSA) is 46.2 Å². The van der Waals surface area contributed by atoms with E-state index in [1.54, 1.807) is 0 Å². The molecule has 1 unspecified atom stereocenters. The van der Waals surface area contributed by atoms with Gasteiger partial charge in [-0.3, -0.25) is 4.79 Å². The molecule has 1 amide bonds. The van der Waals surface area contributed by atoms with Crippen molar-refractivity contribution in [2.45, 2.75) is 6.04 Å². The zero-order chi connectivity index (χ0) is 6.41. The van der Waals surface area contributed by atoms with Gasteiger partial charge in [0, 0.05) is 5.88 Å². The minimum atomic E-state index is -0.533. The highest BCUT2D eigenvalue weighted by atomic mass is 35.5. The molecule has 0 aliphatic rings. The molecule has 0 aliphatic carbocycles. The lowest BCUT2D eigenvalue weighted by atomic mass is 10.4. The van der Waals surface area contributed by atoms with E-state index in [-0.39, 0.29) is 5.88 Å². The van der Waals surface area contributed by atoms with Gasteiger partial charge in [0.25, 0.3) is 0 Å². The molecule has 0 fully saturated rings. The third-order valence-electron chi connectivity index (χ3n) is 0.613. The molecule has 0 aliphatic heterocycles. The summed E-state index contributed by atoms with van der Waals surface area (Å²) in [6.07, 6.45) is 1.03. The van der Waals surface area contributed by atoms with Crippen LogP contribution in [0.25, 0.3) is 0 Å². The molecule has 0 radical (unpaired) electrons. The number of aldehydes is 1. The maximum absolute atomic E-state index is 9.82. The normalized spacial score (nSPS) is 12.1. The third-order valence-corrected chi connectivity index (χ3v) is 0.945. The van der Waals surface area contributed by atoms with E-state index in [1.807, 2.05) is 0 Å². The van der Waals surface area contributed by atoms with Crippen LogP contribution < -0.4 is 5.32 Å². The van der Waals surface area contributed by atoms with E-state index in [0.717, 1.165) is 0 Å². The zero-order valence-electron chi connectivity index (χ0n) is 4.13. The minimum Gasteiger partial charge on any atom is -0.348 e. The van der Waals surface area contributed by atoms with E-state index in [2.05, 4.69) is 5.32 Å². The first-order valence-corrected chi connectivity index (χ1v) is 2.59. The standard InChI is InChI=1S/C4H6ClNO2/c5-1-4(2-7)6-3-8/h2-4H,1H2,(H,6,8). The van der Waals surface area contributed by atoms with Gasteiger partial charge in [0.15, 0.2) is 0 Å². The van der Waals surface area contributed by atoms with Crippen LogP contribution >= 0.6 is 11.6 Å². The summed E-state index contributed by atoms with van der Waals surface area (Å²) in [4.78, 5) is 19.4. The van der Waals surface area contributed by atoms with Gasteiger partial charge < -0.3 is 10.1 Å². The summed E-state index contributed by atoms with van der Waals surface area (Å²) in [6, 6.07) is -0.533. The molecule has 0 aromatic heterocycles. The molecule has 0 aromatic rings. The number of alkyl halides is 1. The van der Waals surface area contributed by atoms with Crippen molar-refractivity contribution in [1.29, 1.82) is 0 Å². The lowest BCUT2D eigenvalue weighted by Gasteiger charge is -1.99. The van der Waals surface area contributed by atoms with Gasteiger partial charge in [-0.25, -0.2) is 0 Å². The minimum absolute atomic E-state index is 0.127. The van der Waals surface area contributed by atoms with Crippen LogP contribution in [-0.2, 0) is 9.59 Å². The fourth-order valence-electron chi connectivity index (χ4n) is 0.208. The summed E-state index contributed by atoms with van der Waals surface area (Å²) < 4.78 is 0. The van der Waals surface area contributed by atoms with Gasteiger partial charge in [0.2, 0.25) is 6.41 Å². The Balaban J connectivity index is 3.35. The van der Waals surface area contributed by atoms with E-state index in [1.165, 1.54) is 0 Å². The van der Waals surface area contributed by atoms with E-state index < -0.39 is 6.04 Å². The van der Waals surface area contributed by atoms with E-state index in [9.17, 15) is 9.59 Å². The van der Waals surface area contributed by atoms with E-state index >= 15 is 0 Å². The lowest BCUT2D eigenvalue weighted by Crippen LogP contribution is -2.30. The van der Waals surface area contributed by atoms with Gasteiger partial charge in [0.05, 0.1) is 6.04 Å². The highest BCUT2D eigenvalue weighted by Crippen LogP contribution is 1.79. The number of hydrogen-bond acceptors (Lipinski definition) is 2. The molecular formula is C4H6ClNO2. The van der Waals surface area contributed by atoms with Crippen LogP contribution in [0, 0.1) is 0 Å². The molecular weight excluding hydrogens is 130 g/mol. The Morgan fingerprint density at radius 3 is 2.38 bits per heavy atom. The molecule has 0 aromatic carbocycles. The maximum atomic E-state index is 9.82. The quantitative estimate of drug-likeness (QED) is 0.419. The molecule has 0 rings (SSSR count). The summed E-state index contributed by atoms with van der Waals surface area (Å²) >= 11 is 5.19. The molecule has 0 bridgehead atoms. The summed E-state index contributed by atoms with van der Waals surface area (Å²) in [6.45, 7) is 0. The highest BCUT2D eigenvalue weighted by Gasteiger charge is 1.99. The second kappa shape index (κ2) is 4.59. The number of halogens is 1. The number of nitrogens with one attached hydrogen (secondary N) is 1. The number of rotatable bonds is 4. The Hall–Kier alpha value is -0.570. The fourth-order valence-corrected chi connectivity index (χ4v) is 0.369. The van der Waals surface area contributed by atoms with Crippen LogP contribution in [0.4, 0.5) is 0 Å². The molecule has 46 valence electrons. The summed E-state index contributed by atoms with van der Waals surface area (Å²) in [5, 5.41) is 2.20. The molecule has 3 nitrogen and oxygen atoms in total. The Kier molecular flexibility index (Phi) is 4.26. The van der Waals surface area contributed by atoms with Crippen LogP contribution in [-0.4, -0.2) is 24.6 Å². The van der Waals surface area contributed by atoms with Gasteiger partial charge in [0.1, 0.15) is 6.29 Å². The second-order valence-electron chi connectivity index (χ2n) is 1.18. The smallest absolute Gasteiger partial charge is 0.207 e. The number of hydrogen-bond donors (Lipinski definition) is 1. The lowest BCUT2D eigenvalue weighted by molar-refractivity contribution is -0.114. The maximum Gasteiger partial charge on any atom is 0.207 e. The molecule has 4 heteroatoms. The van der Waals surface area contributed by atoms with Crippen molar-refractivity contribution < 1.29 is 9.59 Å².